The molecule has 1 N–H and O–H groups in total. The first-order valence-corrected chi connectivity index (χ1v) is 10.3. The Bertz CT molecular complexity index is 1120. The molecule has 6 nitrogen and oxygen atoms in total. The van der Waals surface area contributed by atoms with E-state index in [4.69, 9.17) is 0 Å². The normalized spacial score (nSPS) is 10.8. The van der Waals surface area contributed by atoms with Crippen molar-refractivity contribution in [1.82, 2.24) is 19.5 Å². The second-order valence-electron chi connectivity index (χ2n) is 6.62. The highest BCUT2D eigenvalue weighted by Gasteiger charge is 2.14. The van der Waals surface area contributed by atoms with Crippen molar-refractivity contribution in [2.24, 2.45) is 0 Å². The topological polar surface area (TPSA) is 64.7 Å². The number of aryl methyl sites for hydroxylation is 1. The van der Waals surface area contributed by atoms with Crippen LogP contribution in [0.1, 0.15) is 16.7 Å². The van der Waals surface area contributed by atoms with Gasteiger partial charge in [-0.2, -0.15) is 4.68 Å². The lowest BCUT2D eigenvalue weighted by Crippen LogP contribution is -2.31. The van der Waals surface area contributed by atoms with E-state index in [1.807, 2.05) is 73.9 Å². The van der Waals surface area contributed by atoms with Gasteiger partial charge in [-0.1, -0.05) is 71.9 Å². The molecule has 0 bridgehead atoms. The Morgan fingerprint density at radius 2 is 1.62 bits per heavy atom. The van der Waals surface area contributed by atoms with E-state index in [9.17, 15) is 4.79 Å². The third-order valence-electron chi connectivity index (χ3n) is 4.42. The van der Waals surface area contributed by atoms with E-state index in [0.29, 0.717) is 17.5 Å². The van der Waals surface area contributed by atoms with Crippen molar-refractivity contribution in [2.45, 2.75) is 24.4 Å². The van der Waals surface area contributed by atoms with Crippen molar-refractivity contribution in [1.29, 1.82) is 0 Å². The predicted octanol–water partition coefficient (Wildman–Crippen LogP) is 3.96. The van der Waals surface area contributed by atoms with E-state index < -0.39 is 0 Å². The van der Waals surface area contributed by atoms with Gasteiger partial charge in [0.05, 0.1) is 0 Å². The van der Waals surface area contributed by atoms with Gasteiger partial charge in [-0.3, -0.25) is 9.47 Å². The maximum atomic E-state index is 13.1. The first-order chi connectivity index (χ1) is 14.2. The van der Waals surface area contributed by atoms with E-state index in [2.05, 4.69) is 27.6 Å². The lowest BCUT2D eigenvalue weighted by atomic mass is 10.1. The molecule has 2 aromatic carbocycles. The molecule has 0 saturated heterocycles. The number of aromatic nitrogens is 4. The molecule has 0 atom stereocenters. The summed E-state index contributed by atoms with van der Waals surface area (Å²) in [5.41, 5.74) is 3.20. The van der Waals surface area contributed by atoms with Gasteiger partial charge in [0.2, 0.25) is 11.0 Å². The summed E-state index contributed by atoms with van der Waals surface area (Å²) in [5.74, 6) is 0.926. The molecule has 4 rings (SSSR count). The van der Waals surface area contributed by atoms with Crippen LogP contribution in [0, 0.1) is 6.92 Å². The summed E-state index contributed by atoms with van der Waals surface area (Å²) in [4.78, 5) is 13.1. The summed E-state index contributed by atoms with van der Waals surface area (Å²) in [5, 5.41) is 12.2. The number of rotatable bonds is 7. The molecule has 4 aromatic rings. The molecule has 0 aliphatic heterocycles. The Morgan fingerprint density at radius 3 is 2.34 bits per heavy atom. The summed E-state index contributed by atoms with van der Waals surface area (Å²) in [6.45, 7) is 2.55. The minimum absolute atomic E-state index is 0.225. The molecule has 0 saturated carbocycles. The van der Waals surface area contributed by atoms with Gasteiger partial charge in [0.25, 0.3) is 0 Å². The van der Waals surface area contributed by atoms with Gasteiger partial charge in [-0.25, -0.2) is 0 Å². The highest BCUT2D eigenvalue weighted by atomic mass is 32.2. The molecule has 0 fully saturated rings. The van der Waals surface area contributed by atoms with Crippen LogP contribution in [0.15, 0.2) is 89.1 Å². The van der Waals surface area contributed by atoms with E-state index in [1.54, 1.807) is 4.68 Å². The first-order valence-electron chi connectivity index (χ1n) is 9.30. The maximum absolute atomic E-state index is 13.1. The standard InChI is InChI=1S/C22H21N5OS/c1-17-9-11-18(12-10-17)15-23-20-21(28)27(26-13-5-6-14-26)22(25-24-20)29-16-19-7-3-2-4-8-19/h2-14H,15-16H2,1H3,(H,23,24). The molecule has 0 aliphatic rings. The van der Waals surface area contributed by atoms with Gasteiger partial charge in [-0.05, 0) is 30.2 Å². The molecule has 2 heterocycles. The Labute approximate surface area is 173 Å². The largest absolute Gasteiger partial charge is 0.360 e. The zero-order valence-electron chi connectivity index (χ0n) is 16.0. The van der Waals surface area contributed by atoms with Crippen LogP contribution in [0.3, 0.4) is 0 Å². The molecule has 29 heavy (non-hydrogen) atoms. The zero-order valence-corrected chi connectivity index (χ0v) is 16.8. The molecule has 0 aliphatic carbocycles. The molecule has 146 valence electrons. The molecular weight excluding hydrogens is 382 g/mol. The second kappa shape index (κ2) is 8.79. The van der Waals surface area contributed by atoms with Crippen LogP contribution in [0.25, 0.3) is 0 Å². The van der Waals surface area contributed by atoms with Crippen LogP contribution < -0.4 is 10.9 Å². The average molecular weight is 404 g/mol. The van der Waals surface area contributed by atoms with E-state index in [-0.39, 0.29) is 11.4 Å². The quantitative estimate of drug-likeness (QED) is 0.473. The molecule has 2 aromatic heterocycles. The van der Waals surface area contributed by atoms with Crippen LogP contribution in [0.5, 0.6) is 0 Å². The van der Waals surface area contributed by atoms with Crippen molar-refractivity contribution < 1.29 is 0 Å². The number of benzene rings is 2. The molecule has 0 spiro atoms. The molecule has 7 heteroatoms. The minimum atomic E-state index is -0.237. The van der Waals surface area contributed by atoms with Crippen molar-refractivity contribution in [2.75, 3.05) is 5.32 Å². The Kier molecular flexibility index (Phi) is 5.76. The van der Waals surface area contributed by atoms with E-state index >= 15 is 0 Å². The smallest absolute Gasteiger partial charge is 0.316 e. The van der Waals surface area contributed by atoms with Gasteiger partial charge >= 0.3 is 5.56 Å². The number of anilines is 1. The summed E-state index contributed by atoms with van der Waals surface area (Å²) >= 11 is 1.48. The molecule has 0 radical (unpaired) electrons. The van der Waals surface area contributed by atoms with Crippen LogP contribution in [0.4, 0.5) is 5.82 Å². The van der Waals surface area contributed by atoms with Crippen molar-refractivity contribution >= 4 is 17.6 Å². The second-order valence-corrected chi connectivity index (χ2v) is 7.57. The fourth-order valence-corrected chi connectivity index (χ4v) is 3.73. The van der Waals surface area contributed by atoms with Gasteiger partial charge < -0.3 is 5.32 Å². The number of nitrogens with zero attached hydrogens (tertiary/aromatic N) is 4. The van der Waals surface area contributed by atoms with Crippen molar-refractivity contribution in [3.8, 4) is 0 Å². The first kappa shape index (κ1) is 19.0. The van der Waals surface area contributed by atoms with Crippen molar-refractivity contribution in [3.05, 3.63) is 106 Å². The van der Waals surface area contributed by atoms with Gasteiger partial charge in [0.15, 0.2) is 0 Å². The van der Waals surface area contributed by atoms with Gasteiger partial charge in [0.1, 0.15) is 0 Å². The number of hydrogen-bond donors (Lipinski definition) is 1. The zero-order chi connectivity index (χ0) is 20.1. The fourth-order valence-electron chi connectivity index (χ4n) is 2.84. The molecule has 0 unspecified atom stereocenters. The van der Waals surface area contributed by atoms with Crippen LogP contribution >= 0.6 is 11.8 Å². The molecule has 0 amide bonds. The minimum Gasteiger partial charge on any atom is -0.360 e. The maximum Gasteiger partial charge on any atom is 0.316 e. The summed E-state index contributed by atoms with van der Waals surface area (Å²) < 4.78 is 3.26. The number of hydrogen-bond acceptors (Lipinski definition) is 5. The summed E-state index contributed by atoms with van der Waals surface area (Å²) in [6, 6.07) is 22.0. The van der Waals surface area contributed by atoms with Crippen LogP contribution in [0.2, 0.25) is 0 Å². The van der Waals surface area contributed by atoms with Crippen molar-refractivity contribution in [3.63, 3.8) is 0 Å². The van der Waals surface area contributed by atoms with Gasteiger partial charge in [0, 0.05) is 24.7 Å². The molecular formula is C22H21N5OS. The Hall–Kier alpha value is -3.32. The Morgan fingerprint density at radius 1 is 0.897 bits per heavy atom. The van der Waals surface area contributed by atoms with Crippen LogP contribution in [-0.4, -0.2) is 19.5 Å². The van der Waals surface area contributed by atoms with Gasteiger partial charge in [-0.15, -0.1) is 10.2 Å². The van der Waals surface area contributed by atoms with Crippen LogP contribution in [-0.2, 0) is 12.3 Å². The summed E-state index contributed by atoms with van der Waals surface area (Å²) in [7, 11) is 0. The monoisotopic (exact) mass is 403 g/mol. The lowest BCUT2D eigenvalue weighted by Gasteiger charge is -2.14. The fraction of sp³-hybridized carbons (Fsp3) is 0.136. The highest BCUT2D eigenvalue weighted by Crippen LogP contribution is 2.20. The Balaban J connectivity index is 1.60. The average Bonchev–Trinajstić information content (AvgIpc) is 3.28. The predicted molar refractivity (Wildman–Crippen MR) is 116 cm³/mol. The summed E-state index contributed by atoms with van der Waals surface area (Å²) in [6.07, 6.45) is 3.64. The SMILES string of the molecule is Cc1ccc(CNc2nnc(SCc3ccccc3)n(-n3cccc3)c2=O)cc1. The lowest BCUT2D eigenvalue weighted by molar-refractivity contribution is 0.532. The van der Waals surface area contributed by atoms with E-state index in [1.165, 1.54) is 22.0 Å². The number of nitrogens with one attached hydrogen (secondary N) is 1. The third kappa shape index (κ3) is 4.57. The highest BCUT2D eigenvalue weighted by molar-refractivity contribution is 7.98. The van der Waals surface area contributed by atoms with E-state index in [0.717, 1.165) is 11.1 Å². The number of thioether (sulfide) groups is 1. The third-order valence-corrected chi connectivity index (χ3v) is 5.41.